The predicted molar refractivity (Wildman–Crippen MR) is 77.5 cm³/mol. The van der Waals surface area contributed by atoms with Gasteiger partial charge in [-0.05, 0) is 61.3 Å². The third kappa shape index (κ3) is 2.84. The predicted octanol–water partition coefficient (Wildman–Crippen LogP) is 4.46. The lowest BCUT2D eigenvalue weighted by Gasteiger charge is -2.42. The Kier molecular flexibility index (Phi) is 3.57. The van der Waals surface area contributed by atoms with Gasteiger partial charge in [-0.2, -0.15) is 0 Å². The van der Waals surface area contributed by atoms with Gasteiger partial charge in [0, 0.05) is 22.6 Å². The lowest BCUT2D eigenvalue weighted by atomic mass is 9.65. The van der Waals surface area contributed by atoms with Crippen LogP contribution in [0.3, 0.4) is 0 Å². The van der Waals surface area contributed by atoms with Crippen LogP contribution in [0.2, 0.25) is 10.0 Å². The molecular weight excluding hydrogens is 265 g/mol. The molecule has 2 fully saturated rings. The van der Waals surface area contributed by atoms with Gasteiger partial charge in [-0.3, -0.25) is 0 Å². The van der Waals surface area contributed by atoms with Crippen LogP contribution in [-0.4, -0.2) is 12.6 Å². The average Bonchev–Trinajstić information content (AvgIpc) is 3.10. The summed E-state index contributed by atoms with van der Waals surface area (Å²) < 4.78 is 0. The summed E-state index contributed by atoms with van der Waals surface area (Å²) in [6.07, 6.45) is 7.75. The molecule has 0 aliphatic heterocycles. The second-order valence-electron chi connectivity index (χ2n) is 5.92. The van der Waals surface area contributed by atoms with Crippen molar-refractivity contribution in [3.63, 3.8) is 0 Å². The molecular formula is C15H19Cl2N. The number of hydrogen-bond acceptors (Lipinski definition) is 1. The molecule has 0 heterocycles. The summed E-state index contributed by atoms with van der Waals surface area (Å²) in [7, 11) is 0. The van der Waals surface area contributed by atoms with Crippen LogP contribution in [-0.2, 0) is 6.42 Å². The number of hydrogen-bond donors (Lipinski definition) is 1. The molecule has 2 saturated carbocycles. The van der Waals surface area contributed by atoms with Crippen molar-refractivity contribution in [3.05, 3.63) is 33.8 Å². The fraction of sp³-hybridized carbons (Fsp3) is 0.600. The maximum Gasteiger partial charge on any atom is 0.0439 e. The molecule has 0 saturated heterocycles. The van der Waals surface area contributed by atoms with Gasteiger partial charge in [0.2, 0.25) is 0 Å². The minimum atomic E-state index is 0.427. The van der Waals surface area contributed by atoms with Gasteiger partial charge >= 0.3 is 0 Å². The maximum absolute atomic E-state index is 6.28. The highest BCUT2D eigenvalue weighted by Gasteiger charge is 2.38. The zero-order valence-corrected chi connectivity index (χ0v) is 12.0. The molecule has 0 atom stereocenters. The topological polar surface area (TPSA) is 12.0 Å². The van der Waals surface area contributed by atoms with Crippen molar-refractivity contribution in [2.75, 3.05) is 6.54 Å². The quantitative estimate of drug-likeness (QED) is 0.841. The molecule has 18 heavy (non-hydrogen) atoms. The van der Waals surface area contributed by atoms with Gasteiger partial charge in [-0.15, -0.1) is 0 Å². The van der Waals surface area contributed by atoms with E-state index in [1.807, 2.05) is 18.2 Å². The third-order valence-electron chi connectivity index (χ3n) is 4.33. The van der Waals surface area contributed by atoms with Crippen molar-refractivity contribution >= 4 is 23.2 Å². The standard InChI is InChI=1S/C15H19Cl2N/c16-12-2-5-14(17)11(8-12)9-15(6-1-7-15)10-18-13-3-4-13/h2,5,8,13,18H,1,3-4,6-7,9-10H2. The van der Waals surface area contributed by atoms with Crippen molar-refractivity contribution in [1.29, 1.82) is 0 Å². The highest BCUT2D eigenvalue weighted by atomic mass is 35.5. The number of halogens is 2. The zero-order valence-electron chi connectivity index (χ0n) is 10.5. The molecule has 0 unspecified atom stereocenters. The van der Waals surface area contributed by atoms with E-state index in [-0.39, 0.29) is 0 Å². The molecule has 98 valence electrons. The van der Waals surface area contributed by atoms with Gasteiger partial charge in [-0.1, -0.05) is 29.6 Å². The minimum Gasteiger partial charge on any atom is -0.313 e. The molecule has 1 aromatic carbocycles. The van der Waals surface area contributed by atoms with Crippen LogP contribution in [0.15, 0.2) is 18.2 Å². The Morgan fingerprint density at radius 1 is 1.22 bits per heavy atom. The van der Waals surface area contributed by atoms with Gasteiger partial charge in [0.15, 0.2) is 0 Å². The van der Waals surface area contributed by atoms with Crippen LogP contribution in [0.25, 0.3) is 0 Å². The fourth-order valence-corrected chi connectivity index (χ4v) is 3.20. The van der Waals surface area contributed by atoms with Crippen molar-refractivity contribution < 1.29 is 0 Å². The summed E-state index contributed by atoms with van der Waals surface area (Å²) >= 11 is 12.3. The van der Waals surface area contributed by atoms with Crippen LogP contribution in [0.4, 0.5) is 0 Å². The van der Waals surface area contributed by atoms with Crippen LogP contribution >= 0.6 is 23.2 Å². The maximum atomic E-state index is 6.28. The second kappa shape index (κ2) is 5.03. The number of benzene rings is 1. The summed E-state index contributed by atoms with van der Waals surface area (Å²) in [5, 5.41) is 5.33. The Morgan fingerprint density at radius 3 is 2.61 bits per heavy atom. The van der Waals surface area contributed by atoms with Gasteiger partial charge in [0.1, 0.15) is 0 Å². The van der Waals surface area contributed by atoms with E-state index in [0.717, 1.165) is 29.1 Å². The van der Waals surface area contributed by atoms with E-state index in [1.54, 1.807) is 0 Å². The molecule has 2 aliphatic carbocycles. The molecule has 0 amide bonds. The number of rotatable bonds is 5. The van der Waals surface area contributed by atoms with E-state index in [9.17, 15) is 0 Å². The van der Waals surface area contributed by atoms with E-state index in [2.05, 4.69) is 5.32 Å². The zero-order chi connectivity index (χ0) is 12.6. The van der Waals surface area contributed by atoms with E-state index >= 15 is 0 Å². The Hall–Kier alpha value is -0.240. The Morgan fingerprint density at radius 2 is 2.00 bits per heavy atom. The molecule has 0 bridgehead atoms. The highest BCUT2D eigenvalue weighted by Crippen LogP contribution is 2.45. The first-order valence-electron chi connectivity index (χ1n) is 6.84. The molecule has 1 aromatic rings. The average molecular weight is 284 g/mol. The lowest BCUT2D eigenvalue weighted by molar-refractivity contribution is 0.129. The van der Waals surface area contributed by atoms with E-state index in [1.165, 1.54) is 37.7 Å². The van der Waals surface area contributed by atoms with Crippen LogP contribution < -0.4 is 5.32 Å². The minimum absolute atomic E-state index is 0.427. The second-order valence-corrected chi connectivity index (χ2v) is 6.76. The van der Waals surface area contributed by atoms with E-state index in [4.69, 9.17) is 23.2 Å². The van der Waals surface area contributed by atoms with Crippen LogP contribution in [0, 0.1) is 5.41 Å². The van der Waals surface area contributed by atoms with Crippen molar-refractivity contribution in [1.82, 2.24) is 5.32 Å². The van der Waals surface area contributed by atoms with Gasteiger partial charge < -0.3 is 5.32 Å². The smallest absolute Gasteiger partial charge is 0.0439 e. The molecule has 0 aromatic heterocycles. The first kappa shape index (κ1) is 12.8. The van der Waals surface area contributed by atoms with Crippen molar-refractivity contribution in [2.45, 2.75) is 44.6 Å². The van der Waals surface area contributed by atoms with Crippen LogP contribution in [0.5, 0.6) is 0 Å². The van der Waals surface area contributed by atoms with Crippen molar-refractivity contribution in [3.8, 4) is 0 Å². The van der Waals surface area contributed by atoms with E-state index < -0.39 is 0 Å². The number of nitrogens with one attached hydrogen (secondary N) is 1. The van der Waals surface area contributed by atoms with Gasteiger partial charge in [0.05, 0.1) is 0 Å². The normalized spacial score (nSPS) is 21.7. The summed E-state index contributed by atoms with van der Waals surface area (Å²) in [5.74, 6) is 0. The lowest BCUT2D eigenvalue weighted by Crippen LogP contribution is -2.42. The van der Waals surface area contributed by atoms with Gasteiger partial charge in [0.25, 0.3) is 0 Å². The Balaban J connectivity index is 1.69. The monoisotopic (exact) mass is 283 g/mol. The molecule has 1 N–H and O–H groups in total. The van der Waals surface area contributed by atoms with Gasteiger partial charge in [-0.25, -0.2) is 0 Å². The molecule has 0 spiro atoms. The summed E-state index contributed by atoms with van der Waals surface area (Å²) in [4.78, 5) is 0. The third-order valence-corrected chi connectivity index (χ3v) is 4.93. The van der Waals surface area contributed by atoms with Crippen molar-refractivity contribution in [2.24, 2.45) is 5.41 Å². The summed E-state index contributed by atoms with van der Waals surface area (Å²) in [6, 6.07) is 6.60. The fourth-order valence-electron chi connectivity index (χ4n) is 2.82. The SMILES string of the molecule is Clc1ccc(Cl)c(CC2(CNC3CC3)CCC2)c1. The molecule has 3 rings (SSSR count). The first-order valence-corrected chi connectivity index (χ1v) is 7.60. The molecule has 3 heteroatoms. The van der Waals surface area contributed by atoms with E-state index in [0.29, 0.717) is 5.41 Å². The Labute approximate surface area is 119 Å². The summed E-state index contributed by atoms with van der Waals surface area (Å²) in [5.41, 5.74) is 1.64. The van der Waals surface area contributed by atoms with Crippen LogP contribution in [0.1, 0.15) is 37.7 Å². The molecule has 1 nitrogen and oxygen atoms in total. The highest BCUT2D eigenvalue weighted by molar-refractivity contribution is 6.33. The first-order chi connectivity index (χ1) is 8.67. The Bertz CT molecular complexity index is 436. The largest absolute Gasteiger partial charge is 0.313 e. The molecule has 2 aliphatic rings. The molecule has 0 radical (unpaired) electrons. The summed E-state index contributed by atoms with van der Waals surface area (Å²) in [6.45, 7) is 1.14.